The van der Waals surface area contributed by atoms with Crippen LogP contribution in [0, 0.1) is 0 Å². The van der Waals surface area contributed by atoms with Gasteiger partial charge in [-0.25, -0.2) is 4.98 Å². The molecule has 0 amide bonds. The zero-order valence-corrected chi connectivity index (χ0v) is 12.9. The molecule has 0 aliphatic rings. The topological polar surface area (TPSA) is 84.1 Å². The number of nitrogens with zero attached hydrogens (tertiary/aromatic N) is 1. The van der Waals surface area contributed by atoms with E-state index in [1.54, 1.807) is 7.05 Å². The summed E-state index contributed by atoms with van der Waals surface area (Å²) in [4.78, 5) is 29.5. The van der Waals surface area contributed by atoms with Gasteiger partial charge < -0.3 is 15.0 Å². The van der Waals surface area contributed by atoms with Crippen LogP contribution in [0.5, 0.6) is 0 Å². The molecule has 0 aromatic carbocycles. The first-order chi connectivity index (χ1) is 9.51. The number of unbranched alkanes of at least 4 members (excludes halogenated alkanes) is 1. The molecule has 0 saturated carbocycles. The summed E-state index contributed by atoms with van der Waals surface area (Å²) in [6, 6.07) is 1.39. The fourth-order valence-electron chi connectivity index (χ4n) is 1.73. The van der Waals surface area contributed by atoms with Crippen molar-refractivity contribution in [3.05, 3.63) is 22.6 Å². The largest absolute Gasteiger partial charge is 0.468 e. The van der Waals surface area contributed by atoms with Gasteiger partial charge in [-0.15, -0.1) is 0 Å². The van der Waals surface area contributed by atoms with Gasteiger partial charge in [-0.05, 0) is 26.8 Å². The highest BCUT2D eigenvalue weighted by Gasteiger charge is 2.31. The number of rotatable bonds is 8. The van der Waals surface area contributed by atoms with E-state index in [2.05, 4.69) is 15.3 Å². The van der Waals surface area contributed by atoms with Gasteiger partial charge in [-0.1, -0.05) is 18.2 Å². The Hall–Kier alpha value is -1.34. The Labute approximate surface area is 122 Å². The maximum absolute atomic E-state index is 11.6. The first kappa shape index (κ1) is 16.7. The number of aromatic nitrogens is 2. The number of thioether (sulfide) groups is 1. The van der Waals surface area contributed by atoms with Gasteiger partial charge in [0.15, 0.2) is 5.16 Å². The van der Waals surface area contributed by atoms with E-state index in [-0.39, 0.29) is 11.5 Å². The van der Waals surface area contributed by atoms with Crippen molar-refractivity contribution in [3.63, 3.8) is 0 Å². The standard InChI is InChI=1S/C13H21N3O3S/c1-13(14-2,11(18)19-3)7-4-5-9-20-12-15-8-6-10(17)16-12/h6,8,14H,4-5,7,9H2,1-3H3,(H,15,16,17). The smallest absolute Gasteiger partial charge is 0.325 e. The number of esters is 1. The number of ether oxygens (including phenoxy) is 1. The zero-order chi connectivity index (χ0) is 15.0. The molecule has 1 aromatic heterocycles. The maximum atomic E-state index is 11.6. The van der Waals surface area contributed by atoms with Crippen LogP contribution in [0.2, 0.25) is 0 Å². The van der Waals surface area contributed by atoms with Gasteiger partial charge >= 0.3 is 5.97 Å². The van der Waals surface area contributed by atoms with E-state index < -0.39 is 5.54 Å². The fraction of sp³-hybridized carbons (Fsp3) is 0.615. The average Bonchev–Trinajstić information content (AvgIpc) is 2.45. The Morgan fingerprint density at radius 2 is 2.30 bits per heavy atom. The quantitative estimate of drug-likeness (QED) is 0.324. The van der Waals surface area contributed by atoms with E-state index in [4.69, 9.17) is 4.74 Å². The molecule has 0 radical (unpaired) electrons. The monoisotopic (exact) mass is 299 g/mol. The third kappa shape index (κ3) is 4.97. The Morgan fingerprint density at radius 3 is 2.90 bits per heavy atom. The van der Waals surface area contributed by atoms with Gasteiger partial charge in [0.05, 0.1) is 7.11 Å². The van der Waals surface area contributed by atoms with Crippen molar-refractivity contribution in [1.82, 2.24) is 15.3 Å². The minimum absolute atomic E-state index is 0.143. The third-order valence-corrected chi connectivity index (χ3v) is 4.12. The minimum atomic E-state index is -0.640. The minimum Gasteiger partial charge on any atom is -0.468 e. The van der Waals surface area contributed by atoms with Gasteiger partial charge in [0, 0.05) is 18.0 Å². The number of H-pyrrole nitrogens is 1. The summed E-state index contributed by atoms with van der Waals surface area (Å²) in [6.45, 7) is 1.84. The number of nitrogens with one attached hydrogen (secondary N) is 2. The van der Waals surface area contributed by atoms with Crippen LogP contribution in [0.4, 0.5) is 0 Å². The van der Waals surface area contributed by atoms with Crippen LogP contribution in [0.3, 0.4) is 0 Å². The van der Waals surface area contributed by atoms with E-state index in [9.17, 15) is 9.59 Å². The summed E-state index contributed by atoms with van der Waals surface area (Å²) >= 11 is 1.50. The molecule has 0 aliphatic heterocycles. The molecule has 0 saturated heterocycles. The molecule has 7 heteroatoms. The van der Waals surface area contributed by atoms with Crippen LogP contribution in [0.25, 0.3) is 0 Å². The molecule has 1 heterocycles. The van der Waals surface area contributed by atoms with E-state index in [1.807, 2.05) is 6.92 Å². The number of carbonyl (C=O) groups excluding carboxylic acids is 1. The molecule has 1 atom stereocenters. The Morgan fingerprint density at radius 1 is 1.55 bits per heavy atom. The number of aromatic amines is 1. The van der Waals surface area contributed by atoms with E-state index in [1.165, 1.54) is 31.1 Å². The summed E-state index contributed by atoms with van der Waals surface area (Å²) in [5, 5.41) is 3.63. The summed E-state index contributed by atoms with van der Waals surface area (Å²) in [6.07, 6.45) is 4.01. The van der Waals surface area contributed by atoms with E-state index in [0.29, 0.717) is 11.6 Å². The molecule has 0 spiro atoms. The molecule has 2 N–H and O–H groups in total. The lowest BCUT2D eigenvalue weighted by atomic mass is 9.95. The number of hydrogen-bond donors (Lipinski definition) is 2. The molecule has 20 heavy (non-hydrogen) atoms. The predicted molar refractivity (Wildman–Crippen MR) is 78.9 cm³/mol. The van der Waals surface area contributed by atoms with Crippen LogP contribution >= 0.6 is 11.8 Å². The number of carbonyl (C=O) groups is 1. The molecular weight excluding hydrogens is 278 g/mol. The second kappa shape index (κ2) is 8.06. The van der Waals surface area contributed by atoms with Gasteiger partial charge in [0.1, 0.15) is 5.54 Å². The molecule has 0 fully saturated rings. The second-order valence-corrected chi connectivity index (χ2v) is 5.70. The average molecular weight is 299 g/mol. The normalized spacial score (nSPS) is 13.8. The van der Waals surface area contributed by atoms with Gasteiger partial charge in [-0.3, -0.25) is 9.59 Å². The van der Waals surface area contributed by atoms with Crippen LogP contribution in [0.1, 0.15) is 26.2 Å². The predicted octanol–water partition coefficient (Wildman–Crippen LogP) is 1.18. The molecule has 1 rings (SSSR count). The van der Waals surface area contributed by atoms with Crippen LogP contribution in [-0.4, -0.2) is 41.4 Å². The summed E-state index contributed by atoms with van der Waals surface area (Å²) in [5.41, 5.74) is -0.783. The second-order valence-electron chi connectivity index (χ2n) is 4.62. The molecule has 1 aromatic rings. The maximum Gasteiger partial charge on any atom is 0.325 e. The molecule has 0 aliphatic carbocycles. The lowest BCUT2D eigenvalue weighted by Gasteiger charge is -2.25. The number of likely N-dealkylation sites (N-methyl/N-ethyl adjacent to an activating group) is 1. The molecule has 112 valence electrons. The van der Waals surface area contributed by atoms with Crippen molar-refractivity contribution in [2.45, 2.75) is 36.9 Å². The molecule has 6 nitrogen and oxygen atoms in total. The van der Waals surface area contributed by atoms with Gasteiger partial charge in [0.25, 0.3) is 5.56 Å². The summed E-state index contributed by atoms with van der Waals surface area (Å²) < 4.78 is 4.79. The van der Waals surface area contributed by atoms with Gasteiger partial charge in [-0.2, -0.15) is 0 Å². The molecule has 1 unspecified atom stereocenters. The van der Waals surface area contributed by atoms with Crippen molar-refractivity contribution in [2.24, 2.45) is 0 Å². The molecule has 0 bridgehead atoms. The Balaban J connectivity index is 2.31. The lowest BCUT2D eigenvalue weighted by molar-refractivity contribution is -0.148. The molecular formula is C13H21N3O3S. The van der Waals surface area contributed by atoms with Crippen LogP contribution in [0.15, 0.2) is 22.2 Å². The third-order valence-electron chi connectivity index (χ3n) is 3.15. The van der Waals surface area contributed by atoms with Crippen LogP contribution < -0.4 is 10.9 Å². The Bertz CT molecular complexity index is 492. The van der Waals surface area contributed by atoms with E-state index in [0.717, 1.165) is 18.6 Å². The van der Waals surface area contributed by atoms with E-state index >= 15 is 0 Å². The van der Waals surface area contributed by atoms with Crippen molar-refractivity contribution < 1.29 is 9.53 Å². The highest BCUT2D eigenvalue weighted by Crippen LogP contribution is 2.18. The first-order valence-electron chi connectivity index (χ1n) is 6.47. The van der Waals surface area contributed by atoms with Gasteiger partial charge in [0.2, 0.25) is 0 Å². The number of methoxy groups -OCH3 is 1. The zero-order valence-electron chi connectivity index (χ0n) is 12.1. The van der Waals surface area contributed by atoms with Crippen molar-refractivity contribution in [1.29, 1.82) is 0 Å². The van der Waals surface area contributed by atoms with Crippen molar-refractivity contribution in [2.75, 3.05) is 19.9 Å². The first-order valence-corrected chi connectivity index (χ1v) is 7.46. The Kier molecular flexibility index (Phi) is 6.74. The SMILES string of the molecule is CNC(C)(CCCCSc1nccc(=O)[nH]1)C(=O)OC. The lowest BCUT2D eigenvalue weighted by Crippen LogP contribution is -2.48. The van der Waals surface area contributed by atoms with Crippen molar-refractivity contribution >= 4 is 17.7 Å². The highest BCUT2D eigenvalue weighted by molar-refractivity contribution is 7.99. The highest BCUT2D eigenvalue weighted by atomic mass is 32.2. The number of hydrogen-bond acceptors (Lipinski definition) is 6. The van der Waals surface area contributed by atoms with Crippen LogP contribution in [-0.2, 0) is 9.53 Å². The van der Waals surface area contributed by atoms with Crippen molar-refractivity contribution in [3.8, 4) is 0 Å². The fourth-order valence-corrected chi connectivity index (χ4v) is 2.58. The summed E-state index contributed by atoms with van der Waals surface area (Å²) in [5.74, 6) is 0.593. The summed E-state index contributed by atoms with van der Waals surface area (Å²) in [7, 11) is 3.15.